The molecule has 1 aromatic heterocycles. The first-order valence-corrected chi connectivity index (χ1v) is 7.29. The maximum Gasteiger partial charge on any atom is 0.257 e. The van der Waals surface area contributed by atoms with Gasteiger partial charge in [0.2, 0.25) is 0 Å². The number of hydrogen-bond donors (Lipinski definition) is 3. The molecule has 7 heteroatoms. The molecular formula is C12H15N3O3S. The molecule has 0 aliphatic heterocycles. The lowest BCUT2D eigenvalue weighted by atomic mass is 10.1. The fourth-order valence-electron chi connectivity index (χ4n) is 1.64. The van der Waals surface area contributed by atoms with Crippen molar-refractivity contribution in [1.29, 1.82) is 0 Å². The molecule has 3 N–H and O–H groups in total. The molecule has 0 aliphatic carbocycles. The zero-order chi connectivity index (χ0) is 13.7. The molecule has 0 saturated carbocycles. The Morgan fingerprint density at radius 3 is 2.68 bits per heavy atom. The second-order valence-corrected chi connectivity index (χ2v) is 5.76. The van der Waals surface area contributed by atoms with Gasteiger partial charge in [-0.15, -0.1) is 0 Å². The van der Waals surface area contributed by atoms with Crippen molar-refractivity contribution in [2.45, 2.75) is 17.6 Å². The average Bonchev–Trinajstić information content (AvgIpc) is 2.94. The van der Waals surface area contributed by atoms with E-state index < -0.39 is 16.1 Å². The number of nitrogens with one attached hydrogen (secondary N) is 2. The van der Waals surface area contributed by atoms with Crippen LogP contribution in [0.5, 0.6) is 0 Å². The van der Waals surface area contributed by atoms with Gasteiger partial charge in [0.25, 0.3) is 10.0 Å². The van der Waals surface area contributed by atoms with Crippen LogP contribution in [0.1, 0.15) is 18.1 Å². The van der Waals surface area contributed by atoms with Gasteiger partial charge in [0, 0.05) is 6.54 Å². The Morgan fingerprint density at radius 1 is 1.32 bits per heavy atom. The molecule has 2 rings (SSSR count). The largest absolute Gasteiger partial charge is 0.388 e. The van der Waals surface area contributed by atoms with Gasteiger partial charge in [0.1, 0.15) is 0 Å². The van der Waals surface area contributed by atoms with Crippen molar-refractivity contribution in [2.75, 3.05) is 6.54 Å². The van der Waals surface area contributed by atoms with Crippen LogP contribution in [0.2, 0.25) is 0 Å². The van der Waals surface area contributed by atoms with Crippen LogP contribution in [0.4, 0.5) is 0 Å². The van der Waals surface area contributed by atoms with Crippen LogP contribution in [0.3, 0.4) is 0 Å². The molecule has 0 bridgehead atoms. The molecule has 0 unspecified atom stereocenters. The molecule has 0 saturated heterocycles. The van der Waals surface area contributed by atoms with Gasteiger partial charge in [0.05, 0.1) is 18.6 Å². The number of nitrogens with zero attached hydrogens (tertiary/aromatic N) is 1. The average molecular weight is 281 g/mol. The third kappa shape index (κ3) is 3.63. The zero-order valence-corrected chi connectivity index (χ0v) is 11.0. The lowest BCUT2D eigenvalue weighted by Crippen LogP contribution is -2.26. The highest BCUT2D eigenvalue weighted by Gasteiger charge is 2.15. The standard InChI is InChI=1S/C12H15N3O3S/c16-11(10-4-2-1-3-5-10)6-7-15-19(17,18)12-8-13-9-14-12/h1-5,8-9,11,15-16H,6-7H2,(H,13,14)/t11-/m1/s1. The normalized spacial score (nSPS) is 13.3. The van der Waals surface area contributed by atoms with E-state index in [0.717, 1.165) is 5.56 Å². The lowest BCUT2D eigenvalue weighted by molar-refractivity contribution is 0.169. The van der Waals surface area contributed by atoms with Gasteiger partial charge in [-0.3, -0.25) is 0 Å². The van der Waals surface area contributed by atoms with Crippen molar-refractivity contribution in [2.24, 2.45) is 0 Å². The number of aliphatic hydroxyl groups is 1. The summed E-state index contributed by atoms with van der Waals surface area (Å²) in [6, 6.07) is 9.11. The van der Waals surface area contributed by atoms with Crippen molar-refractivity contribution in [3.8, 4) is 0 Å². The highest BCUT2D eigenvalue weighted by atomic mass is 32.2. The van der Waals surface area contributed by atoms with Crippen LogP contribution in [0.15, 0.2) is 47.9 Å². The number of rotatable bonds is 6. The number of aliphatic hydroxyl groups excluding tert-OH is 1. The molecular weight excluding hydrogens is 266 g/mol. The summed E-state index contributed by atoms with van der Waals surface area (Å²) < 4.78 is 25.9. The maximum absolute atomic E-state index is 11.7. The molecule has 0 spiro atoms. The Labute approximate surface area is 111 Å². The second kappa shape index (κ2) is 5.96. The predicted octanol–water partition coefficient (Wildman–Crippen LogP) is 0.812. The third-order valence-electron chi connectivity index (χ3n) is 2.66. The quantitative estimate of drug-likeness (QED) is 0.730. The SMILES string of the molecule is O=S(=O)(NCC[C@@H](O)c1ccccc1)c1cnc[nH]1. The zero-order valence-electron chi connectivity index (χ0n) is 10.2. The Hall–Kier alpha value is -1.70. The summed E-state index contributed by atoms with van der Waals surface area (Å²) in [7, 11) is -3.57. The fourth-order valence-corrected chi connectivity index (χ4v) is 2.59. The molecule has 0 radical (unpaired) electrons. The van der Waals surface area contributed by atoms with Crippen molar-refractivity contribution < 1.29 is 13.5 Å². The number of sulfonamides is 1. The van der Waals surface area contributed by atoms with Crippen molar-refractivity contribution >= 4 is 10.0 Å². The van der Waals surface area contributed by atoms with Crippen LogP contribution >= 0.6 is 0 Å². The molecule has 0 amide bonds. The van der Waals surface area contributed by atoms with E-state index in [9.17, 15) is 13.5 Å². The number of aromatic amines is 1. The van der Waals surface area contributed by atoms with Gasteiger partial charge in [-0.05, 0) is 12.0 Å². The first-order chi connectivity index (χ1) is 9.09. The van der Waals surface area contributed by atoms with Gasteiger partial charge in [-0.2, -0.15) is 0 Å². The Kier molecular flexibility index (Phi) is 4.31. The highest BCUT2D eigenvalue weighted by molar-refractivity contribution is 7.89. The first-order valence-electron chi connectivity index (χ1n) is 5.80. The number of imidazole rings is 1. The van der Waals surface area contributed by atoms with Crippen LogP contribution < -0.4 is 4.72 Å². The van der Waals surface area contributed by atoms with E-state index in [2.05, 4.69) is 14.7 Å². The smallest absolute Gasteiger partial charge is 0.257 e. The maximum atomic E-state index is 11.7. The predicted molar refractivity (Wildman–Crippen MR) is 69.8 cm³/mol. The molecule has 1 aromatic carbocycles. The third-order valence-corrected chi connectivity index (χ3v) is 4.04. The molecule has 1 atom stereocenters. The first kappa shape index (κ1) is 13.7. The Balaban J connectivity index is 1.87. The summed E-state index contributed by atoms with van der Waals surface area (Å²) in [5, 5.41) is 9.91. The minimum Gasteiger partial charge on any atom is -0.388 e. The van der Waals surface area contributed by atoms with Gasteiger partial charge in [0.15, 0.2) is 5.03 Å². The monoisotopic (exact) mass is 281 g/mol. The van der Waals surface area contributed by atoms with Crippen molar-refractivity contribution in [3.63, 3.8) is 0 Å². The fraction of sp³-hybridized carbons (Fsp3) is 0.250. The summed E-state index contributed by atoms with van der Waals surface area (Å²) in [6.45, 7) is 0.150. The highest BCUT2D eigenvalue weighted by Crippen LogP contribution is 2.15. The molecule has 6 nitrogen and oxygen atoms in total. The van der Waals surface area contributed by atoms with E-state index in [1.54, 1.807) is 12.1 Å². The number of H-pyrrole nitrogens is 1. The summed E-state index contributed by atoms with van der Waals surface area (Å²) in [4.78, 5) is 6.18. The molecule has 102 valence electrons. The van der Waals surface area contributed by atoms with Crippen molar-refractivity contribution in [1.82, 2.24) is 14.7 Å². The molecule has 19 heavy (non-hydrogen) atoms. The summed E-state index contributed by atoms with van der Waals surface area (Å²) in [6.07, 6.45) is 2.14. The minimum absolute atomic E-state index is 0.0155. The van der Waals surface area contributed by atoms with Gasteiger partial charge in [-0.25, -0.2) is 18.1 Å². The Bertz CT molecular complexity index is 596. The van der Waals surface area contributed by atoms with Gasteiger partial charge in [-0.1, -0.05) is 30.3 Å². The number of aromatic nitrogens is 2. The van der Waals surface area contributed by atoms with E-state index >= 15 is 0 Å². The summed E-state index contributed by atoms with van der Waals surface area (Å²) >= 11 is 0. The van der Waals surface area contributed by atoms with E-state index in [-0.39, 0.29) is 11.6 Å². The van der Waals surface area contributed by atoms with Crippen LogP contribution in [0.25, 0.3) is 0 Å². The summed E-state index contributed by atoms with van der Waals surface area (Å²) in [5.74, 6) is 0. The second-order valence-electron chi connectivity index (χ2n) is 4.03. The lowest BCUT2D eigenvalue weighted by Gasteiger charge is -2.11. The van der Waals surface area contributed by atoms with Crippen molar-refractivity contribution in [3.05, 3.63) is 48.4 Å². The van der Waals surface area contributed by atoms with Gasteiger partial charge >= 0.3 is 0 Å². The van der Waals surface area contributed by atoms with E-state index in [1.807, 2.05) is 18.2 Å². The van der Waals surface area contributed by atoms with Crippen LogP contribution in [-0.2, 0) is 10.0 Å². The minimum atomic E-state index is -3.57. The van der Waals surface area contributed by atoms with Gasteiger partial charge < -0.3 is 10.1 Å². The van der Waals surface area contributed by atoms with E-state index in [0.29, 0.717) is 6.42 Å². The van der Waals surface area contributed by atoms with E-state index in [1.165, 1.54) is 12.5 Å². The summed E-state index contributed by atoms with van der Waals surface area (Å²) in [5.41, 5.74) is 0.767. The van der Waals surface area contributed by atoms with Crippen LogP contribution in [-0.4, -0.2) is 30.0 Å². The topological polar surface area (TPSA) is 95.1 Å². The molecule has 0 aliphatic rings. The molecule has 0 fully saturated rings. The molecule has 1 heterocycles. The van der Waals surface area contributed by atoms with Crippen LogP contribution in [0, 0.1) is 0 Å². The van der Waals surface area contributed by atoms with E-state index in [4.69, 9.17) is 0 Å². The number of hydrogen-bond acceptors (Lipinski definition) is 4. The number of benzene rings is 1. The Morgan fingerprint density at radius 2 is 2.05 bits per heavy atom. The molecule has 2 aromatic rings.